The van der Waals surface area contributed by atoms with Crippen molar-refractivity contribution in [2.24, 2.45) is 0 Å². The molecule has 0 bridgehead atoms. The Morgan fingerprint density at radius 3 is 1.35 bits per heavy atom. The second kappa shape index (κ2) is 15.7. The monoisotopic (exact) mass is 879 g/mol. The van der Waals surface area contributed by atoms with E-state index in [0.717, 1.165) is 66.9 Å². The molecule has 0 saturated carbocycles. The summed E-state index contributed by atoms with van der Waals surface area (Å²) in [5.74, 6) is 0.698. The fourth-order valence-corrected chi connectivity index (χ4v) is 10.7. The molecule has 0 N–H and O–H groups in total. The van der Waals surface area contributed by atoms with Gasteiger partial charge in [-0.15, -0.1) is 0 Å². The molecule has 0 atom stereocenters. The van der Waals surface area contributed by atoms with Crippen LogP contribution < -0.4 is 0 Å². The van der Waals surface area contributed by atoms with Crippen molar-refractivity contribution in [3.63, 3.8) is 0 Å². The number of aromatic nitrogens is 5. The van der Waals surface area contributed by atoms with Gasteiger partial charge in [0, 0.05) is 55.1 Å². The van der Waals surface area contributed by atoms with E-state index in [0.29, 0.717) is 5.82 Å². The van der Waals surface area contributed by atoms with Crippen LogP contribution >= 0.6 is 0 Å². The fraction of sp³-hybridized carbons (Fsp3) is 0. The quantitative estimate of drug-likeness (QED) is 0.160. The Morgan fingerprint density at radius 2 is 0.681 bits per heavy atom. The van der Waals surface area contributed by atoms with Crippen LogP contribution in [-0.2, 0) is 0 Å². The minimum Gasteiger partial charge on any atom is -0.309 e. The van der Waals surface area contributed by atoms with Crippen LogP contribution in [0.3, 0.4) is 0 Å². The predicted molar refractivity (Wildman–Crippen MR) is 287 cm³/mol. The van der Waals surface area contributed by atoms with Crippen molar-refractivity contribution >= 4 is 65.5 Å². The summed E-state index contributed by atoms with van der Waals surface area (Å²) < 4.78 is 7.08. The molecule has 0 aliphatic carbocycles. The smallest absolute Gasteiger partial charge is 0.162 e. The van der Waals surface area contributed by atoms with E-state index in [1.54, 1.807) is 0 Å². The third-order valence-electron chi connectivity index (χ3n) is 13.9. The first-order chi connectivity index (χ1) is 34.2. The first-order valence-electron chi connectivity index (χ1n) is 23.5. The van der Waals surface area contributed by atoms with E-state index < -0.39 is 0 Å². The minimum atomic E-state index is 0.698. The molecule has 14 rings (SSSR count). The van der Waals surface area contributed by atoms with E-state index >= 15 is 0 Å². The number of nitrogens with zero attached hydrogens (tertiary/aromatic N) is 5. The van der Waals surface area contributed by atoms with Gasteiger partial charge >= 0.3 is 0 Å². The lowest BCUT2D eigenvalue weighted by Gasteiger charge is -2.11. The van der Waals surface area contributed by atoms with Gasteiger partial charge in [-0.05, 0) is 101 Å². The number of fused-ring (bicyclic) bond motifs is 9. The van der Waals surface area contributed by atoms with Crippen molar-refractivity contribution in [2.45, 2.75) is 0 Å². The van der Waals surface area contributed by atoms with E-state index in [2.05, 4.69) is 244 Å². The molecule has 69 heavy (non-hydrogen) atoms. The van der Waals surface area contributed by atoms with Crippen LogP contribution in [0.2, 0.25) is 0 Å². The van der Waals surface area contributed by atoms with E-state index in [1.807, 2.05) is 18.2 Å². The molecular weight excluding hydrogens is 839 g/mol. The van der Waals surface area contributed by atoms with Gasteiger partial charge in [0.05, 0.1) is 38.7 Å². The second-order valence-corrected chi connectivity index (χ2v) is 17.8. The summed E-state index contributed by atoms with van der Waals surface area (Å²) in [6, 6.07) is 89.2. The molecule has 5 nitrogen and oxygen atoms in total. The number of hydrogen-bond donors (Lipinski definition) is 0. The minimum absolute atomic E-state index is 0.698. The first-order valence-corrected chi connectivity index (χ1v) is 23.5. The van der Waals surface area contributed by atoms with Crippen molar-refractivity contribution in [3.05, 3.63) is 249 Å². The van der Waals surface area contributed by atoms with Crippen LogP contribution in [0, 0.1) is 0 Å². The lowest BCUT2D eigenvalue weighted by Crippen LogP contribution is -1.99. The third-order valence-corrected chi connectivity index (χ3v) is 13.9. The normalized spacial score (nSPS) is 11.8. The zero-order valence-corrected chi connectivity index (χ0v) is 37.4. The molecule has 14 aromatic rings. The molecule has 0 aliphatic heterocycles. The Morgan fingerprint density at radius 1 is 0.246 bits per heavy atom. The molecule has 4 heterocycles. The maximum absolute atomic E-state index is 5.34. The Kier molecular flexibility index (Phi) is 8.83. The van der Waals surface area contributed by atoms with E-state index in [9.17, 15) is 0 Å². The van der Waals surface area contributed by atoms with Gasteiger partial charge in [0.25, 0.3) is 0 Å². The maximum Gasteiger partial charge on any atom is 0.162 e. The van der Waals surface area contributed by atoms with Crippen LogP contribution in [0.15, 0.2) is 249 Å². The van der Waals surface area contributed by atoms with Gasteiger partial charge in [-0.3, -0.25) is 4.57 Å². The molecule has 0 unspecified atom stereocenters. The molecule has 5 heteroatoms. The molecule has 322 valence electrons. The van der Waals surface area contributed by atoms with Crippen molar-refractivity contribution < 1.29 is 0 Å². The number of benzene rings is 10. The Bertz CT molecular complexity index is 4260. The average Bonchev–Trinajstić information content (AvgIpc) is 4.06. The summed E-state index contributed by atoms with van der Waals surface area (Å²) >= 11 is 0. The first kappa shape index (κ1) is 38.9. The van der Waals surface area contributed by atoms with Crippen LogP contribution in [0.25, 0.3) is 128 Å². The van der Waals surface area contributed by atoms with Gasteiger partial charge in [-0.1, -0.05) is 170 Å². The highest BCUT2D eigenvalue weighted by atomic mass is 15.1. The Labute approximate surface area is 398 Å². The van der Waals surface area contributed by atoms with Gasteiger partial charge in [-0.25, -0.2) is 9.97 Å². The highest BCUT2D eigenvalue weighted by molar-refractivity contribution is 6.16. The number of para-hydroxylation sites is 4. The molecule has 0 fully saturated rings. The highest BCUT2D eigenvalue weighted by Crippen LogP contribution is 2.42. The molecule has 0 spiro atoms. The van der Waals surface area contributed by atoms with Crippen LogP contribution in [0.4, 0.5) is 0 Å². The lowest BCUT2D eigenvalue weighted by atomic mass is 10.0. The zero-order chi connectivity index (χ0) is 45.4. The lowest BCUT2D eigenvalue weighted by molar-refractivity contribution is 1.11. The van der Waals surface area contributed by atoms with Crippen molar-refractivity contribution in [1.29, 1.82) is 0 Å². The van der Waals surface area contributed by atoms with Gasteiger partial charge in [0.1, 0.15) is 5.65 Å². The molecular formula is C64H41N5. The summed E-state index contributed by atoms with van der Waals surface area (Å²) in [6.07, 6.45) is 0. The van der Waals surface area contributed by atoms with Crippen molar-refractivity contribution in [3.8, 4) is 62.0 Å². The van der Waals surface area contributed by atoms with Gasteiger partial charge in [-0.2, -0.15) is 0 Å². The third kappa shape index (κ3) is 6.25. The molecule has 0 amide bonds. The molecule has 10 aromatic carbocycles. The van der Waals surface area contributed by atoms with Crippen LogP contribution in [0.1, 0.15) is 0 Å². The summed E-state index contributed by atoms with van der Waals surface area (Å²) in [6.45, 7) is 0. The summed E-state index contributed by atoms with van der Waals surface area (Å²) in [5, 5.41) is 7.09. The van der Waals surface area contributed by atoms with E-state index in [-0.39, 0.29) is 0 Å². The van der Waals surface area contributed by atoms with E-state index in [1.165, 1.54) is 54.7 Å². The van der Waals surface area contributed by atoms with Gasteiger partial charge < -0.3 is 9.13 Å². The van der Waals surface area contributed by atoms with Crippen molar-refractivity contribution in [1.82, 2.24) is 23.7 Å². The predicted octanol–water partition coefficient (Wildman–Crippen LogP) is 16.4. The molecule has 0 aliphatic rings. The SMILES string of the molecule is c1ccc(-c2nc(-c3ccccc3)c3c4cc(-c5ccc(-n6c7ccccc7c7cc(-c8ccc9c%10ccccc%10n(-c%10ccccc%10)c9c8)ccc76)cc5)ccc4n(-c4ccccc4)c3n2)cc1. The Hall–Kier alpha value is -9.32. The highest BCUT2D eigenvalue weighted by Gasteiger charge is 2.22. The van der Waals surface area contributed by atoms with Gasteiger partial charge in [0.15, 0.2) is 5.82 Å². The van der Waals surface area contributed by atoms with Crippen molar-refractivity contribution in [2.75, 3.05) is 0 Å². The van der Waals surface area contributed by atoms with Crippen LogP contribution in [-0.4, -0.2) is 23.7 Å². The topological polar surface area (TPSA) is 40.6 Å². The summed E-state index contributed by atoms with van der Waals surface area (Å²) in [5.41, 5.74) is 17.6. The number of rotatable bonds is 7. The average molecular weight is 880 g/mol. The van der Waals surface area contributed by atoms with Crippen LogP contribution in [0.5, 0.6) is 0 Å². The fourth-order valence-electron chi connectivity index (χ4n) is 10.7. The summed E-state index contributed by atoms with van der Waals surface area (Å²) in [4.78, 5) is 10.7. The standard InChI is InChI=1S/C64H41N5/c1-5-17-43(18-6-1)62-61-55-40-45(32-38-59(55)69(49-23-11-4-12-24-49)64(61)66-63(65-62)44-19-7-2-8-20-44)42-29-34-50(35-30-42)67-57-28-16-14-26-52(57)54-39-46(33-37-58(54)67)47-31-36-53-51-25-13-15-27-56(51)68(60(53)41-47)48-21-9-3-10-22-48/h1-41H. The molecule has 0 saturated heterocycles. The van der Waals surface area contributed by atoms with E-state index in [4.69, 9.17) is 9.97 Å². The Balaban J connectivity index is 0.891. The second-order valence-electron chi connectivity index (χ2n) is 17.8. The number of hydrogen-bond acceptors (Lipinski definition) is 2. The van der Waals surface area contributed by atoms with Gasteiger partial charge in [0.2, 0.25) is 0 Å². The largest absolute Gasteiger partial charge is 0.309 e. The zero-order valence-electron chi connectivity index (χ0n) is 37.4. The maximum atomic E-state index is 5.34. The molecule has 0 radical (unpaired) electrons. The molecule has 4 aromatic heterocycles. The summed E-state index contributed by atoms with van der Waals surface area (Å²) in [7, 11) is 0.